The first-order valence-electron chi connectivity index (χ1n) is 5.74. The lowest BCUT2D eigenvalue weighted by Crippen LogP contribution is -2.26. The first kappa shape index (κ1) is 10.9. The normalized spacial score (nSPS) is 16.7. The van der Waals surface area contributed by atoms with Gasteiger partial charge in [0.05, 0.1) is 18.8 Å². The molecule has 0 saturated heterocycles. The summed E-state index contributed by atoms with van der Waals surface area (Å²) in [6.45, 7) is 0. The largest absolute Gasteiger partial charge is 0.481 e. The fourth-order valence-corrected chi connectivity index (χ4v) is 1.99. The van der Waals surface area contributed by atoms with Crippen molar-refractivity contribution in [1.29, 1.82) is 0 Å². The predicted octanol–water partition coefficient (Wildman–Crippen LogP) is 0.184. The van der Waals surface area contributed by atoms with Crippen molar-refractivity contribution in [3.63, 3.8) is 0 Å². The quantitative estimate of drug-likeness (QED) is 0.777. The molecule has 94 valence electrons. The zero-order chi connectivity index (χ0) is 12.5. The molecular weight excluding hydrogens is 236 g/mol. The number of aliphatic carboxylic acids is 1. The zero-order valence-corrected chi connectivity index (χ0v) is 9.52. The Labute approximate surface area is 102 Å². The van der Waals surface area contributed by atoms with Gasteiger partial charge in [-0.2, -0.15) is 4.52 Å². The van der Waals surface area contributed by atoms with Crippen molar-refractivity contribution in [3.8, 4) is 0 Å². The van der Waals surface area contributed by atoms with Crippen molar-refractivity contribution in [2.45, 2.75) is 25.3 Å². The minimum absolute atomic E-state index is 0.0865. The monoisotopic (exact) mass is 248 g/mol. The summed E-state index contributed by atoms with van der Waals surface area (Å²) in [5, 5.41) is 23.3. The lowest BCUT2D eigenvalue weighted by Gasteiger charge is -2.17. The van der Waals surface area contributed by atoms with Gasteiger partial charge in [0.25, 0.3) is 0 Å². The summed E-state index contributed by atoms with van der Waals surface area (Å²) in [4.78, 5) is 14.9. The van der Waals surface area contributed by atoms with Gasteiger partial charge in [-0.25, -0.2) is 0 Å². The fourth-order valence-electron chi connectivity index (χ4n) is 1.99. The molecule has 0 spiro atoms. The van der Waals surface area contributed by atoms with Crippen LogP contribution >= 0.6 is 0 Å². The number of aromatic nitrogens is 5. The molecule has 0 aliphatic heterocycles. The summed E-state index contributed by atoms with van der Waals surface area (Å²) < 4.78 is 1.52. The van der Waals surface area contributed by atoms with E-state index in [0.717, 1.165) is 12.8 Å². The average Bonchev–Trinajstić information content (AvgIpc) is 3.06. The third kappa shape index (κ3) is 2.08. The van der Waals surface area contributed by atoms with E-state index < -0.39 is 5.97 Å². The van der Waals surface area contributed by atoms with Crippen molar-refractivity contribution >= 4 is 17.4 Å². The molecule has 1 aliphatic carbocycles. The summed E-state index contributed by atoms with van der Waals surface area (Å²) in [5.41, 5.74) is 0.532. The molecular formula is C10H12N6O2. The molecule has 2 aromatic rings. The van der Waals surface area contributed by atoms with Crippen LogP contribution in [0.2, 0.25) is 0 Å². The summed E-state index contributed by atoms with van der Waals surface area (Å²) in [6.07, 6.45) is 5.35. The highest BCUT2D eigenvalue weighted by atomic mass is 16.4. The highest BCUT2D eigenvalue weighted by Gasteiger charge is 2.33. The first-order valence-corrected chi connectivity index (χ1v) is 5.74. The van der Waals surface area contributed by atoms with Crippen molar-refractivity contribution in [1.82, 2.24) is 25.0 Å². The van der Waals surface area contributed by atoms with E-state index in [1.807, 2.05) is 0 Å². The Hall–Kier alpha value is -2.25. The molecule has 3 rings (SSSR count). The van der Waals surface area contributed by atoms with E-state index in [9.17, 15) is 4.79 Å². The number of hydrogen-bond donors (Lipinski definition) is 2. The van der Waals surface area contributed by atoms with Crippen LogP contribution in [0.15, 0.2) is 12.4 Å². The molecule has 0 aromatic carbocycles. The molecule has 18 heavy (non-hydrogen) atoms. The molecule has 1 unspecified atom stereocenters. The molecule has 2 heterocycles. The molecule has 0 bridgehead atoms. The number of hydrogen-bond acceptors (Lipinski definition) is 6. The van der Waals surface area contributed by atoms with Crippen LogP contribution < -0.4 is 5.32 Å². The maximum absolute atomic E-state index is 10.8. The molecule has 1 aliphatic rings. The van der Waals surface area contributed by atoms with Crippen molar-refractivity contribution < 1.29 is 9.90 Å². The molecule has 2 N–H and O–H groups in total. The Balaban J connectivity index is 1.85. The SMILES string of the molecule is O=C(O)CC(Nc1cncc2nnnn12)C1CC1. The average molecular weight is 248 g/mol. The fraction of sp³-hybridized carbons (Fsp3) is 0.500. The minimum Gasteiger partial charge on any atom is -0.481 e. The topological polar surface area (TPSA) is 105 Å². The molecule has 8 heteroatoms. The molecule has 1 saturated carbocycles. The van der Waals surface area contributed by atoms with Gasteiger partial charge in [0.2, 0.25) is 0 Å². The summed E-state index contributed by atoms with van der Waals surface area (Å²) in [6, 6.07) is -0.0981. The van der Waals surface area contributed by atoms with Gasteiger partial charge < -0.3 is 10.4 Å². The molecule has 1 fully saturated rings. The summed E-state index contributed by atoms with van der Waals surface area (Å²) >= 11 is 0. The second-order valence-electron chi connectivity index (χ2n) is 4.43. The van der Waals surface area contributed by atoms with E-state index in [0.29, 0.717) is 17.4 Å². The Kier molecular flexibility index (Phi) is 2.54. The number of carboxylic acid groups (broad SMARTS) is 1. The molecule has 8 nitrogen and oxygen atoms in total. The number of carbonyl (C=O) groups is 1. The van der Waals surface area contributed by atoms with Gasteiger partial charge in [-0.15, -0.1) is 5.10 Å². The van der Waals surface area contributed by atoms with E-state index in [1.54, 1.807) is 12.4 Å². The number of fused-ring (bicyclic) bond motifs is 1. The van der Waals surface area contributed by atoms with Gasteiger partial charge in [0.15, 0.2) is 11.5 Å². The maximum Gasteiger partial charge on any atom is 0.305 e. The maximum atomic E-state index is 10.8. The predicted molar refractivity (Wildman–Crippen MR) is 61.0 cm³/mol. The summed E-state index contributed by atoms with van der Waals surface area (Å²) in [7, 11) is 0. The minimum atomic E-state index is -0.809. The lowest BCUT2D eigenvalue weighted by atomic mass is 10.1. The summed E-state index contributed by atoms with van der Waals surface area (Å²) in [5.74, 6) is 0.222. The van der Waals surface area contributed by atoms with Gasteiger partial charge in [0, 0.05) is 6.04 Å². The van der Waals surface area contributed by atoms with E-state index in [-0.39, 0.29) is 12.5 Å². The molecule has 0 amide bonds. The number of nitrogens with zero attached hydrogens (tertiary/aromatic N) is 5. The van der Waals surface area contributed by atoms with E-state index in [2.05, 4.69) is 25.8 Å². The number of rotatable bonds is 5. The standard InChI is InChI=1S/C10H12N6O2/c17-10(18)3-7(6-1-2-6)12-8-4-11-5-9-13-14-15-16(8)9/h4-7,12H,1-3H2,(H,17,18). The smallest absolute Gasteiger partial charge is 0.305 e. The van der Waals surface area contributed by atoms with Gasteiger partial charge >= 0.3 is 5.97 Å². The van der Waals surface area contributed by atoms with E-state index in [4.69, 9.17) is 5.11 Å². The van der Waals surface area contributed by atoms with Gasteiger partial charge in [-0.05, 0) is 29.2 Å². The lowest BCUT2D eigenvalue weighted by molar-refractivity contribution is -0.137. The van der Waals surface area contributed by atoms with Crippen LogP contribution in [-0.4, -0.2) is 42.1 Å². The number of nitrogens with one attached hydrogen (secondary N) is 1. The van der Waals surface area contributed by atoms with Gasteiger partial charge in [-0.1, -0.05) is 0 Å². The van der Waals surface area contributed by atoms with Crippen LogP contribution in [0, 0.1) is 5.92 Å². The second kappa shape index (κ2) is 4.21. The van der Waals surface area contributed by atoms with Crippen molar-refractivity contribution in [2.24, 2.45) is 5.92 Å². The van der Waals surface area contributed by atoms with Crippen LogP contribution in [0.5, 0.6) is 0 Å². The first-order chi connectivity index (χ1) is 8.74. The Morgan fingerprint density at radius 1 is 1.56 bits per heavy atom. The molecule has 1 atom stereocenters. The Bertz CT molecular complexity index is 579. The zero-order valence-electron chi connectivity index (χ0n) is 9.52. The number of anilines is 1. The number of carboxylic acids is 1. The van der Waals surface area contributed by atoms with E-state index in [1.165, 1.54) is 4.52 Å². The van der Waals surface area contributed by atoms with Crippen LogP contribution in [0.4, 0.5) is 5.82 Å². The van der Waals surface area contributed by atoms with Crippen molar-refractivity contribution in [3.05, 3.63) is 12.4 Å². The third-order valence-corrected chi connectivity index (χ3v) is 3.03. The van der Waals surface area contributed by atoms with Crippen molar-refractivity contribution in [2.75, 3.05) is 5.32 Å². The Morgan fingerprint density at radius 3 is 3.11 bits per heavy atom. The van der Waals surface area contributed by atoms with Crippen LogP contribution in [0.1, 0.15) is 19.3 Å². The van der Waals surface area contributed by atoms with Gasteiger partial charge in [0.1, 0.15) is 0 Å². The van der Waals surface area contributed by atoms with Crippen LogP contribution in [0.25, 0.3) is 5.65 Å². The highest BCUT2D eigenvalue weighted by molar-refractivity contribution is 5.68. The van der Waals surface area contributed by atoms with Gasteiger partial charge in [-0.3, -0.25) is 9.78 Å². The Morgan fingerprint density at radius 2 is 2.39 bits per heavy atom. The molecule has 2 aromatic heterocycles. The molecule has 0 radical (unpaired) electrons. The highest BCUT2D eigenvalue weighted by Crippen LogP contribution is 2.35. The van der Waals surface area contributed by atoms with Crippen LogP contribution in [-0.2, 0) is 4.79 Å². The van der Waals surface area contributed by atoms with E-state index >= 15 is 0 Å². The van der Waals surface area contributed by atoms with Crippen LogP contribution in [0.3, 0.4) is 0 Å². The number of tetrazole rings is 1. The second-order valence-corrected chi connectivity index (χ2v) is 4.43. The third-order valence-electron chi connectivity index (χ3n) is 3.03.